The third-order valence-electron chi connectivity index (χ3n) is 0.914. The lowest BCUT2D eigenvalue weighted by Gasteiger charge is -2.02. The molecule has 0 fully saturated rings. The van der Waals surface area contributed by atoms with Crippen LogP contribution in [0.5, 0.6) is 0 Å². The molecule has 0 aliphatic rings. The summed E-state index contributed by atoms with van der Waals surface area (Å²) in [7, 11) is 0. The van der Waals surface area contributed by atoms with E-state index in [2.05, 4.69) is 12.1 Å². The third kappa shape index (κ3) is 5.95. The lowest BCUT2D eigenvalue weighted by molar-refractivity contribution is 0.0869. The zero-order valence-corrected chi connectivity index (χ0v) is 7.81. The van der Waals surface area contributed by atoms with Gasteiger partial charge in [-0.3, -0.25) is 0 Å². The smallest absolute Gasteiger partial charge is 0.122 e. The van der Waals surface area contributed by atoms with Crippen molar-refractivity contribution in [2.75, 3.05) is 6.26 Å². The van der Waals surface area contributed by atoms with E-state index in [1.165, 1.54) is 0 Å². The van der Waals surface area contributed by atoms with Crippen molar-refractivity contribution >= 4 is 18.0 Å². The Balaban J connectivity index is 3.36. The lowest BCUT2D eigenvalue weighted by Crippen LogP contribution is -2.00. The summed E-state index contributed by atoms with van der Waals surface area (Å²) in [4.78, 5) is 4.97. The average molecular weight is 161 g/mol. The van der Waals surface area contributed by atoms with E-state index in [1.54, 1.807) is 11.8 Å². The Kier molecular flexibility index (Phi) is 5.49. The third-order valence-corrected chi connectivity index (χ3v) is 1.78. The predicted molar refractivity (Wildman–Crippen MR) is 47.7 cm³/mol. The quantitative estimate of drug-likeness (QED) is 0.465. The van der Waals surface area contributed by atoms with Gasteiger partial charge in [-0.15, -0.1) is 0 Å². The summed E-state index contributed by atoms with van der Waals surface area (Å²) in [5.74, 6) is 0. The van der Waals surface area contributed by atoms with Gasteiger partial charge >= 0.3 is 0 Å². The highest BCUT2D eigenvalue weighted by atomic mass is 32.2. The normalized spacial score (nSPS) is 14.5. The second kappa shape index (κ2) is 5.59. The maximum absolute atomic E-state index is 4.97. The molecule has 1 atom stereocenters. The van der Waals surface area contributed by atoms with Crippen LogP contribution in [0.15, 0.2) is 5.16 Å². The minimum atomic E-state index is 0.185. The van der Waals surface area contributed by atoms with E-state index in [0.717, 1.165) is 0 Å². The minimum Gasteiger partial charge on any atom is -0.393 e. The molecule has 0 radical (unpaired) electrons. The van der Waals surface area contributed by atoms with Gasteiger partial charge in [-0.1, -0.05) is 5.16 Å². The Morgan fingerprint density at radius 2 is 2.00 bits per heavy atom. The number of hydrogen-bond donors (Lipinski definition) is 0. The minimum absolute atomic E-state index is 0.185. The monoisotopic (exact) mass is 161 g/mol. The molecule has 0 saturated carbocycles. The van der Waals surface area contributed by atoms with E-state index >= 15 is 0 Å². The highest BCUT2D eigenvalue weighted by molar-refractivity contribution is 7.99. The number of thioether (sulfide) groups is 1. The summed E-state index contributed by atoms with van der Waals surface area (Å²) in [6, 6.07) is 0. The van der Waals surface area contributed by atoms with Crippen molar-refractivity contribution in [3.8, 4) is 0 Å². The summed E-state index contributed by atoms with van der Waals surface area (Å²) in [5.41, 5.74) is 0. The highest BCUT2D eigenvalue weighted by Gasteiger charge is 1.92. The van der Waals surface area contributed by atoms with Gasteiger partial charge < -0.3 is 4.84 Å². The second-order valence-electron chi connectivity index (χ2n) is 2.35. The van der Waals surface area contributed by atoms with Crippen molar-refractivity contribution in [1.82, 2.24) is 0 Å². The molecule has 10 heavy (non-hydrogen) atoms. The Bertz CT molecular complexity index is 104. The molecule has 0 rings (SSSR count). The molecule has 0 aliphatic carbocycles. The first-order valence-corrected chi connectivity index (χ1v) is 4.67. The van der Waals surface area contributed by atoms with E-state index in [4.69, 9.17) is 4.84 Å². The van der Waals surface area contributed by atoms with Gasteiger partial charge in [-0.05, 0) is 27.0 Å². The second-order valence-corrected chi connectivity index (χ2v) is 3.56. The van der Waals surface area contributed by atoms with Crippen LogP contribution in [-0.2, 0) is 4.84 Å². The van der Waals surface area contributed by atoms with Crippen LogP contribution in [0, 0.1) is 0 Å². The van der Waals surface area contributed by atoms with Gasteiger partial charge in [0.15, 0.2) is 0 Å². The van der Waals surface area contributed by atoms with E-state index in [0.29, 0.717) is 5.25 Å². The molecule has 0 amide bonds. The van der Waals surface area contributed by atoms with Crippen molar-refractivity contribution < 1.29 is 4.84 Å². The van der Waals surface area contributed by atoms with Gasteiger partial charge in [0.2, 0.25) is 0 Å². The molecule has 0 aromatic carbocycles. The lowest BCUT2D eigenvalue weighted by atomic mass is 10.5. The molecule has 0 aromatic heterocycles. The zero-order chi connectivity index (χ0) is 7.98. The van der Waals surface area contributed by atoms with Gasteiger partial charge in [0.05, 0.1) is 6.21 Å². The fraction of sp³-hybridized carbons (Fsp3) is 0.857. The predicted octanol–water partition coefficient (Wildman–Crippen LogP) is 2.15. The molecule has 0 saturated heterocycles. The molecule has 0 bridgehead atoms. The van der Waals surface area contributed by atoms with Crippen LogP contribution in [-0.4, -0.2) is 23.8 Å². The van der Waals surface area contributed by atoms with Crippen molar-refractivity contribution in [3.05, 3.63) is 0 Å². The van der Waals surface area contributed by atoms with Gasteiger partial charge in [0, 0.05) is 5.25 Å². The van der Waals surface area contributed by atoms with Crippen molar-refractivity contribution in [3.63, 3.8) is 0 Å². The van der Waals surface area contributed by atoms with E-state index < -0.39 is 0 Å². The Morgan fingerprint density at radius 1 is 1.40 bits per heavy atom. The summed E-state index contributed by atoms with van der Waals surface area (Å²) < 4.78 is 0. The SMILES string of the molecule is CSC(C)/C=N/OC(C)C. The van der Waals surface area contributed by atoms with Crippen LogP contribution in [0.2, 0.25) is 0 Å². The van der Waals surface area contributed by atoms with Crippen molar-refractivity contribution in [2.24, 2.45) is 5.16 Å². The fourth-order valence-electron chi connectivity index (χ4n) is 0.303. The Labute approximate surface area is 67.0 Å². The van der Waals surface area contributed by atoms with Crippen LogP contribution in [0.1, 0.15) is 20.8 Å². The van der Waals surface area contributed by atoms with Crippen molar-refractivity contribution in [2.45, 2.75) is 32.1 Å². The average Bonchev–Trinajstić information content (AvgIpc) is 1.87. The van der Waals surface area contributed by atoms with Crippen LogP contribution >= 0.6 is 11.8 Å². The number of rotatable bonds is 4. The fourth-order valence-corrected chi connectivity index (χ4v) is 0.475. The molecule has 0 aromatic rings. The van der Waals surface area contributed by atoms with Gasteiger partial charge in [0.25, 0.3) is 0 Å². The van der Waals surface area contributed by atoms with Gasteiger partial charge in [0.1, 0.15) is 6.10 Å². The van der Waals surface area contributed by atoms with Gasteiger partial charge in [-0.2, -0.15) is 11.8 Å². The molecule has 0 heterocycles. The van der Waals surface area contributed by atoms with Crippen molar-refractivity contribution in [1.29, 1.82) is 0 Å². The molecule has 0 aliphatic heterocycles. The van der Waals surface area contributed by atoms with Gasteiger partial charge in [-0.25, -0.2) is 0 Å². The summed E-state index contributed by atoms with van der Waals surface area (Å²) in [6.07, 6.45) is 4.04. The van der Waals surface area contributed by atoms with E-state index in [-0.39, 0.29) is 6.10 Å². The molecule has 0 spiro atoms. The number of oxime groups is 1. The molecular weight excluding hydrogens is 146 g/mol. The molecule has 1 unspecified atom stereocenters. The van der Waals surface area contributed by atoms with E-state index in [9.17, 15) is 0 Å². The first-order chi connectivity index (χ1) is 4.66. The summed E-state index contributed by atoms with van der Waals surface area (Å²) >= 11 is 1.75. The van der Waals surface area contributed by atoms with Crippen LogP contribution in [0.3, 0.4) is 0 Å². The molecule has 3 heteroatoms. The zero-order valence-electron chi connectivity index (χ0n) is 7.00. The van der Waals surface area contributed by atoms with Crippen LogP contribution < -0.4 is 0 Å². The maximum atomic E-state index is 4.97. The standard InChI is InChI=1S/C7H15NOS/c1-6(2)9-8-5-7(3)10-4/h5-7H,1-4H3/b8-5+. The largest absolute Gasteiger partial charge is 0.393 e. The van der Waals surface area contributed by atoms with Crippen LogP contribution in [0.4, 0.5) is 0 Å². The Hall–Kier alpha value is -0.180. The molecular formula is C7H15NOS. The molecule has 2 nitrogen and oxygen atoms in total. The maximum Gasteiger partial charge on any atom is 0.122 e. The molecule has 60 valence electrons. The number of hydrogen-bond acceptors (Lipinski definition) is 3. The first-order valence-electron chi connectivity index (χ1n) is 3.39. The summed E-state index contributed by atoms with van der Waals surface area (Å²) in [6.45, 7) is 6.00. The van der Waals surface area contributed by atoms with Crippen LogP contribution in [0.25, 0.3) is 0 Å². The Morgan fingerprint density at radius 3 is 2.40 bits per heavy atom. The highest BCUT2D eigenvalue weighted by Crippen LogP contribution is 2.01. The number of nitrogens with zero attached hydrogens (tertiary/aromatic N) is 1. The first kappa shape index (κ1) is 9.82. The van der Waals surface area contributed by atoms with E-state index in [1.807, 2.05) is 26.3 Å². The summed E-state index contributed by atoms with van der Waals surface area (Å²) in [5, 5.41) is 4.24. The topological polar surface area (TPSA) is 21.6 Å². The molecule has 0 N–H and O–H groups in total.